The van der Waals surface area contributed by atoms with Gasteiger partial charge >= 0.3 is 0 Å². The third kappa shape index (κ3) is 4.28. The summed E-state index contributed by atoms with van der Waals surface area (Å²) in [5, 5.41) is 7.63. The fourth-order valence-corrected chi connectivity index (χ4v) is 3.25. The van der Waals surface area contributed by atoms with Crippen molar-refractivity contribution in [3.05, 3.63) is 76.1 Å². The predicted octanol–water partition coefficient (Wildman–Crippen LogP) is 3.84. The van der Waals surface area contributed by atoms with E-state index in [0.29, 0.717) is 41.0 Å². The second-order valence-electron chi connectivity index (χ2n) is 6.27. The zero-order chi connectivity index (χ0) is 20.1. The van der Waals surface area contributed by atoms with E-state index in [9.17, 15) is 4.79 Å². The number of benzene rings is 2. The Morgan fingerprint density at radius 1 is 1.07 bits per heavy atom. The zero-order valence-electron chi connectivity index (χ0n) is 16.0. The zero-order valence-corrected chi connectivity index (χ0v) is 16.8. The molecule has 0 aliphatic carbocycles. The number of carbonyl (C=O) groups excluding carboxylic acids is 1. The number of halogens is 1. The second-order valence-corrected chi connectivity index (χ2v) is 6.62. The van der Waals surface area contributed by atoms with E-state index in [0.717, 1.165) is 11.1 Å². The van der Waals surface area contributed by atoms with Crippen molar-refractivity contribution in [3.63, 3.8) is 0 Å². The van der Waals surface area contributed by atoms with Crippen molar-refractivity contribution in [2.24, 2.45) is 0 Å². The summed E-state index contributed by atoms with van der Waals surface area (Å²) < 4.78 is 12.2. The molecule has 0 saturated carbocycles. The predicted molar refractivity (Wildman–Crippen MR) is 108 cm³/mol. The van der Waals surface area contributed by atoms with Crippen LogP contribution in [-0.2, 0) is 13.1 Å². The third-order valence-corrected chi connectivity index (χ3v) is 4.75. The summed E-state index contributed by atoms with van der Waals surface area (Å²) >= 11 is 6.45. The molecule has 146 valence electrons. The number of methoxy groups -OCH3 is 2. The topological polar surface area (TPSA) is 65.4 Å². The first-order chi connectivity index (χ1) is 13.5. The van der Waals surface area contributed by atoms with Gasteiger partial charge in [-0.15, -0.1) is 0 Å². The molecule has 0 atom stereocenters. The molecular weight excluding hydrogens is 378 g/mol. The molecule has 0 aliphatic rings. The third-order valence-electron chi connectivity index (χ3n) is 4.37. The summed E-state index contributed by atoms with van der Waals surface area (Å²) in [6.07, 6.45) is 0. The van der Waals surface area contributed by atoms with Crippen LogP contribution in [-0.4, -0.2) is 29.9 Å². The van der Waals surface area contributed by atoms with Crippen molar-refractivity contribution in [3.8, 4) is 11.5 Å². The molecule has 0 unspecified atom stereocenters. The van der Waals surface area contributed by atoms with E-state index in [2.05, 4.69) is 10.4 Å². The van der Waals surface area contributed by atoms with Crippen LogP contribution in [0, 0.1) is 6.92 Å². The second kappa shape index (κ2) is 8.80. The van der Waals surface area contributed by atoms with Crippen molar-refractivity contribution in [2.45, 2.75) is 20.0 Å². The molecule has 1 amide bonds. The molecule has 3 rings (SSSR count). The molecule has 7 heteroatoms. The van der Waals surface area contributed by atoms with Gasteiger partial charge in [-0.2, -0.15) is 5.10 Å². The summed E-state index contributed by atoms with van der Waals surface area (Å²) in [5.41, 5.74) is 2.92. The maximum absolute atomic E-state index is 12.7. The number of aromatic nitrogens is 2. The molecule has 0 spiro atoms. The number of amides is 1. The molecule has 0 saturated heterocycles. The average molecular weight is 400 g/mol. The van der Waals surface area contributed by atoms with Gasteiger partial charge in [0.05, 0.1) is 32.0 Å². The maximum atomic E-state index is 12.7. The fourth-order valence-electron chi connectivity index (χ4n) is 2.93. The van der Waals surface area contributed by atoms with Crippen molar-refractivity contribution in [1.29, 1.82) is 0 Å². The number of hydrogen-bond acceptors (Lipinski definition) is 4. The van der Waals surface area contributed by atoms with Crippen molar-refractivity contribution >= 4 is 17.5 Å². The van der Waals surface area contributed by atoms with E-state index in [1.165, 1.54) is 0 Å². The van der Waals surface area contributed by atoms with Crippen LogP contribution >= 0.6 is 11.6 Å². The average Bonchev–Trinajstić information content (AvgIpc) is 2.99. The standard InChI is InChI=1S/C21H22ClN3O3/c1-14-19(20(22)25(24-14)13-15-7-5-4-6-8-15)21(26)23-12-16-9-10-17(27-2)18(11-16)28-3/h4-11H,12-13H2,1-3H3,(H,23,26). The molecule has 0 fully saturated rings. The molecule has 3 aromatic rings. The van der Waals surface area contributed by atoms with Gasteiger partial charge in [0.2, 0.25) is 0 Å². The Balaban J connectivity index is 1.73. The van der Waals surface area contributed by atoms with Crippen LogP contribution in [0.5, 0.6) is 11.5 Å². The largest absolute Gasteiger partial charge is 0.493 e. The number of carbonyl (C=O) groups is 1. The summed E-state index contributed by atoms with van der Waals surface area (Å²) in [7, 11) is 3.15. The van der Waals surface area contributed by atoms with Crippen LogP contribution < -0.4 is 14.8 Å². The molecular formula is C21H22ClN3O3. The number of rotatable bonds is 7. The lowest BCUT2D eigenvalue weighted by molar-refractivity contribution is 0.0950. The Hall–Kier alpha value is -2.99. The van der Waals surface area contributed by atoms with Gasteiger partial charge in [-0.05, 0) is 30.2 Å². The first-order valence-corrected chi connectivity index (χ1v) is 9.17. The van der Waals surface area contributed by atoms with Crippen LogP contribution in [0.2, 0.25) is 5.15 Å². The quantitative estimate of drug-likeness (QED) is 0.655. The number of nitrogens with zero attached hydrogens (tertiary/aromatic N) is 2. The molecule has 2 aromatic carbocycles. The summed E-state index contributed by atoms with van der Waals surface area (Å²) in [6.45, 7) is 2.61. The van der Waals surface area contributed by atoms with Gasteiger partial charge in [-0.25, -0.2) is 4.68 Å². The summed E-state index contributed by atoms with van der Waals surface area (Å²) in [4.78, 5) is 12.7. The molecule has 28 heavy (non-hydrogen) atoms. The monoisotopic (exact) mass is 399 g/mol. The first-order valence-electron chi connectivity index (χ1n) is 8.79. The first kappa shape index (κ1) is 19.8. The van der Waals surface area contributed by atoms with Crippen molar-refractivity contribution in [2.75, 3.05) is 14.2 Å². The van der Waals surface area contributed by atoms with Gasteiger partial charge in [0.15, 0.2) is 11.5 Å². The minimum absolute atomic E-state index is 0.267. The summed E-state index contributed by atoms with van der Waals surface area (Å²) in [5.74, 6) is 0.981. The minimum Gasteiger partial charge on any atom is -0.493 e. The highest BCUT2D eigenvalue weighted by atomic mass is 35.5. The molecule has 0 aliphatic heterocycles. The molecule has 6 nitrogen and oxygen atoms in total. The lowest BCUT2D eigenvalue weighted by Crippen LogP contribution is -2.23. The van der Waals surface area contributed by atoms with Crippen LogP contribution in [0.15, 0.2) is 48.5 Å². The Labute approximate surface area is 169 Å². The SMILES string of the molecule is COc1ccc(CNC(=O)c2c(C)nn(Cc3ccccc3)c2Cl)cc1OC. The number of hydrogen-bond donors (Lipinski definition) is 1. The van der Waals surface area contributed by atoms with E-state index in [-0.39, 0.29) is 5.91 Å². The summed E-state index contributed by atoms with van der Waals surface area (Å²) in [6, 6.07) is 15.3. The van der Waals surface area contributed by atoms with Crippen LogP contribution in [0.4, 0.5) is 0 Å². The molecule has 0 bridgehead atoms. The Kier molecular flexibility index (Phi) is 6.21. The highest BCUT2D eigenvalue weighted by Crippen LogP contribution is 2.27. The number of ether oxygens (including phenoxy) is 2. The van der Waals surface area contributed by atoms with Gasteiger partial charge < -0.3 is 14.8 Å². The van der Waals surface area contributed by atoms with E-state index < -0.39 is 0 Å². The molecule has 1 aromatic heterocycles. The Morgan fingerprint density at radius 2 is 1.79 bits per heavy atom. The van der Waals surface area contributed by atoms with E-state index in [1.807, 2.05) is 42.5 Å². The molecule has 1 heterocycles. The minimum atomic E-state index is -0.267. The van der Waals surface area contributed by atoms with E-state index in [1.54, 1.807) is 31.9 Å². The van der Waals surface area contributed by atoms with Gasteiger partial charge in [-0.1, -0.05) is 48.0 Å². The van der Waals surface area contributed by atoms with Crippen LogP contribution in [0.25, 0.3) is 0 Å². The van der Waals surface area contributed by atoms with Crippen molar-refractivity contribution in [1.82, 2.24) is 15.1 Å². The van der Waals surface area contributed by atoms with E-state index >= 15 is 0 Å². The maximum Gasteiger partial charge on any atom is 0.256 e. The van der Waals surface area contributed by atoms with E-state index in [4.69, 9.17) is 21.1 Å². The van der Waals surface area contributed by atoms with Crippen LogP contribution in [0.1, 0.15) is 27.2 Å². The Bertz CT molecular complexity index is 971. The lowest BCUT2D eigenvalue weighted by Gasteiger charge is -2.10. The smallest absolute Gasteiger partial charge is 0.256 e. The normalized spacial score (nSPS) is 10.6. The highest BCUT2D eigenvalue weighted by molar-refractivity contribution is 6.33. The lowest BCUT2D eigenvalue weighted by atomic mass is 10.2. The van der Waals surface area contributed by atoms with Gasteiger partial charge in [-0.3, -0.25) is 4.79 Å². The van der Waals surface area contributed by atoms with Gasteiger partial charge in [0, 0.05) is 6.54 Å². The van der Waals surface area contributed by atoms with Crippen molar-refractivity contribution < 1.29 is 14.3 Å². The van der Waals surface area contributed by atoms with Gasteiger partial charge in [0.25, 0.3) is 5.91 Å². The van der Waals surface area contributed by atoms with Gasteiger partial charge in [0.1, 0.15) is 5.15 Å². The Morgan fingerprint density at radius 3 is 2.46 bits per heavy atom. The number of aryl methyl sites for hydroxylation is 1. The van der Waals surface area contributed by atoms with Crippen LogP contribution in [0.3, 0.4) is 0 Å². The molecule has 1 N–H and O–H groups in total. The fraction of sp³-hybridized carbons (Fsp3) is 0.238. The highest BCUT2D eigenvalue weighted by Gasteiger charge is 2.20. The number of nitrogens with one attached hydrogen (secondary N) is 1. The molecule has 0 radical (unpaired) electrons.